The number of amides is 1. The molecular weight excluding hydrogens is 492 g/mol. The minimum Gasteiger partial charge on any atom is -0.482 e. The Hall–Kier alpha value is -3.56. The molecule has 8 nitrogen and oxygen atoms in total. The number of nitrogens with zero attached hydrogens (tertiary/aromatic N) is 2. The van der Waals surface area contributed by atoms with E-state index in [9.17, 15) is 14.4 Å². The van der Waals surface area contributed by atoms with Gasteiger partial charge in [0.05, 0.1) is 6.54 Å². The average Bonchev–Trinajstić information content (AvgIpc) is 2.92. The Morgan fingerprint density at radius 2 is 1.73 bits per heavy atom. The molecule has 4 rings (SSSR count). The topological polar surface area (TPSA) is 89.3 Å². The molecule has 0 bridgehead atoms. The fourth-order valence-electron chi connectivity index (χ4n) is 4.08. The number of thioether (sulfide) groups is 1. The zero-order valence-corrected chi connectivity index (χ0v) is 21.7. The zero-order valence-electron chi connectivity index (χ0n) is 20.9. The van der Waals surface area contributed by atoms with Gasteiger partial charge >= 0.3 is 5.97 Å². The summed E-state index contributed by atoms with van der Waals surface area (Å²) in [7, 11) is 0. The maximum absolute atomic E-state index is 13.1. The van der Waals surface area contributed by atoms with Crippen LogP contribution in [0.25, 0.3) is 0 Å². The second kappa shape index (κ2) is 12.6. The molecule has 37 heavy (non-hydrogen) atoms. The first-order valence-corrected chi connectivity index (χ1v) is 13.3. The third-order valence-corrected chi connectivity index (χ3v) is 6.82. The molecule has 0 aliphatic carbocycles. The van der Waals surface area contributed by atoms with Crippen LogP contribution in [0.15, 0.2) is 81.0 Å². The number of carbonyl (C=O) groups excluding carboxylic acids is 2. The molecule has 1 aromatic heterocycles. The van der Waals surface area contributed by atoms with Crippen LogP contribution in [0.3, 0.4) is 0 Å². The smallest absolute Gasteiger partial charge is 0.303 e. The summed E-state index contributed by atoms with van der Waals surface area (Å²) in [4.78, 5) is 42.3. The zero-order chi connectivity index (χ0) is 26.2. The van der Waals surface area contributed by atoms with Gasteiger partial charge in [-0.2, -0.15) is 0 Å². The van der Waals surface area contributed by atoms with Crippen molar-refractivity contribution in [1.82, 2.24) is 9.80 Å². The first-order valence-electron chi connectivity index (χ1n) is 12.0. The molecule has 2 aromatic carbocycles. The quantitative estimate of drug-likeness (QED) is 0.309. The standard InChI is InChI=1S/C28H30N2O6S/c1-20(31)36-27(22-6-4-3-5-7-22)28(33)30-14-12-29(13-15-30)17-23-16-25(32)26(19-34-23)35-18-21-8-10-24(37-2)11-9-21/h3-11,16,19,27H,12-15,17-18H2,1-2H3/t27-/m1/s1. The molecule has 0 radical (unpaired) electrons. The minimum absolute atomic E-state index is 0.172. The molecule has 194 valence electrons. The van der Waals surface area contributed by atoms with Crippen LogP contribution in [0.4, 0.5) is 0 Å². The van der Waals surface area contributed by atoms with Crippen LogP contribution in [-0.2, 0) is 27.5 Å². The molecule has 3 aromatic rings. The van der Waals surface area contributed by atoms with E-state index in [1.54, 1.807) is 28.8 Å². The molecule has 1 fully saturated rings. The summed E-state index contributed by atoms with van der Waals surface area (Å²) in [6.07, 6.45) is 2.42. The van der Waals surface area contributed by atoms with Gasteiger partial charge in [0.15, 0.2) is 0 Å². The Morgan fingerprint density at radius 3 is 2.35 bits per heavy atom. The van der Waals surface area contributed by atoms with Gasteiger partial charge in [-0.15, -0.1) is 11.8 Å². The summed E-state index contributed by atoms with van der Waals surface area (Å²) in [5, 5.41) is 0. The van der Waals surface area contributed by atoms with E-state index in [0.29, 0.717) is 44.0 Å². The fourth-order valence-corrected chi connectivity index (χ4v) is 4.49. The first kappa shape index (κ1) is 26.5. The lowest BCUT2D eigenvalue weighted by molar-refractivity contribution is -0.160. The molecule has 2 heterocycles. The fraction of sp³-hybridized carbons (Fsp3) is 0.321. The number of ether oxygens (including phenoxy) is 2. The van der Waals surface area contributed by atoms with Crippen LogP contribution < -0.4 is 10.2 Å². The van der Waals surface area contributed by atoms with E-state index < -0.39 is 12.1 Å². The van der Waals surface area contributed by atoms with E-state index in [1.165, 1.54) is 24.1 Å². The van der Waals surface area contributed by atoms with Crippen LogP contribution >= 0.6 is 11.8 Å². The van der Waals surface area contributed by atoms with Crippen LogP contribution in [0, 0.1) is 0 Å². The van der Waals surface area contributed by atoms with Gasteiger partial charge < -0.3 is 18.8 Å². The SMILES string of the molecule is CSc1ccc(COc2coc(CN3CCN(C(=O)[C@H](OC(C)=O)c4ccccc4)CC3)cc2=O)cc1. The van der Waals surface area contributed by atoms with Crippen molar-refractivity contribution in [2.45, 2.75) is 31.1 Å². The molecule has 0 N–H and O–H groups in total. The monoisotopic (exact) mass is 522 g/mol. The number of rotatable bonds is 9. The molecule has 1 saturated heterocycles. The molecular formula is C28H30N2O6S. The van der Waals surface area contributed by atoms with Crippen molar-refractivity contribution in [1.29, 1.82) is 0 Å². The summed E-state index contributed by atoms with van der Waals surface area (Å²) in [5.74, 6) is -0.0389. The highest BCUT2D eigenvalue weighted by Gasteiger charge is 2.31. The second-order valence-electron chi connectivity index (χ2n) is 8.71. The molecule has 0 saturated carbocycles. The lowest BCUT2D eigenvalue weighted by atomic mass is 10.1. The maximum atomic E-state index is 13.1. The maximum Gasteiger partial charge on any atom is 0.303 e. The molecule has 0 spiro atoms. The van der Waals surface area contributed by atoms with Crippen molar-refractivity contribution in [3.05, 3.63) is 94.0 Å². The number of piperazine rings is 1. The largest absolute Gasteiger partial charge is 0.482 e. The Bertz CT molecular complexity index is 1250. The normalized spacial score (nSPS) is 14.7. The second-order valence-corrected chi connectivity index (χ2v) is 9.59. The first-order chi connectivity index (χ1) is 17.9. The van der Waals surface area contributed by atoms with Crippen molar-refractivity contribution >= 4 is 23.6 Å². The molecule has 9 heteroatoms. The van der Waals surface area contributed by atoms with E-state index in [1.807, 2.05) is 48.7 Å². The molecule has 1 aliphatic heterocycles. The highest BCUT2D eigenvalue weighted by molar-refractivity contribution is 7.98. The summed E-state index contributed by atoms with van der Waals surface area (Å²) in [5.41, 5.74) is 1.38. The van der Waals surface area contributed by atoms with Crippen LogP contribution in [0.5, 0.6) is 5.75 Å². The number of esters is 1. The summed E-state index contributed by atoms with van der Waals surface area (Å²) >= 11 is 1.67. The Morgan fingerprint density at radius 1 is 1.03 bits per heavy atom. The third-order valence-electron chi connectivity index (χ3n) is 6.08. The molecule has 0 unspecified atom stereocenters. The lowest BCUT2D eigenvalue weighted by Crippen LogP contribution is -2.50. The Labute approximate surface area is 220 Å². The van der Waals surface area contributed by atoms with Crippen LogP contribution in [0.2, 0.25) is 0 Å². The highest BCUT2D eigenvalue weighted by Crippen LogP contribution is 2.22. The van der Waals surface area contributed by atoms with Gasteiger partial charge in [0.25, 0.3) is 5.91 Å². The molecule has 1 atom stereocenters. The highest BCUT2D eigenvalue weighted by atomic mass is 32.2. The number of carbonyl (C=O) groups is 2. The van der Waals surface area contributed by atoms with Gasteiger partial charge in [0.1, 0.15) is 18.6 Å². The van der Waals surface area contributed by atoms with Crippen molar-refractivity contribution in [3.63, 3.8) is 0 Å². The van der Waals surface area contributed by atoms with Gasteiger partial charge in [-0.1, -0.05) is 42.5 Å². The third kappa shape index (κ3) is 7.24. The van der Waals surface area contributed by atoms with Gasteiger partial charge in [0.2, 0.25) is 17.3 Å². The average molecular weight is 523 g/mol. The van der Waals surface area contributed by atoms with E-state index in [4.69, 9.17) is 13.9 Å². The number of hydrogen-bond acceptors (Lipinski definition) is 8. The summed E-state index contributed by atoms with van der Waals surface area (Å²) < 4.78 is 16.7. The van der Waals surface area contributed by atoms with E-state index in [0.717, 1.165) is 5.56 Å². The van der Waals surface area contributed by atoms with Crippen LogP contribution in [0.1, 0.15) is 29.9 Å². The predicted molar refractivity (Wildman–Crippen MR) is 140 cm³/mol. The molecule has 1 aliphatic rings. The molecule has 1 amide bonds. The Kier molecular flexibility index (Phi) is 9.03. The van der Waals surface area contributed by atoms with Gasteiger partial charge in [0, 0.05) is 49.6 Å². The Balaban J connectivity index is 1.30. The van der Waals surface area contributed by atoms with Crippen LogP contribution in [-0.4, -0.2) is 54.1 Å². The van der Waals surface area contributed by atoms with E-state index in [-0.39, 0.29) is 23.7 Å². The number of hydrogen-bond donors (Lipinski definition) is 0. The van der Waals surface area contributed by atoms with Crippen molar-refractivity contribution < 1.29 is 23.5 Å². The van der Waals surface area contributed by atoms with E-state index >= 15 is 0 Å². The van der Waals surface area contributed by atoms with Crippen molar-refractivity contribution in [2.75, 3.05) is 32.4 Å². The summed E-state index contributed by atoms with van der Waals surface area (Å²) in [6.45, 7) is 4.18. The van der Waals surface area contributed by atoms with Crippen molar-refractivity contribution in [2.24, 2.45) is 0 Å². The van der Waals surface area contributed by atoms with Crippen molar-refractivity contribution in [3.8, 4) is 5.75 Å². The van der Waals surface area contributed by atoms with E-state index in [2.05, 4.69) is 4.90 Å². The van der Waals surface area contributed by atoms with Gasteiger partial charge in [-0.3, -0.25) is 19.3 Å². The predicted octanol–water partition coefficient (Wildman–Crippen LogP) is 3.89. The van der Waals surface area contributed by atoms with Gasteiger partial charge in [-0.25, -0.2) is 0 Å². The minimum atomic E-state index is -0.959. The van der Waals surface area contributed by atoms with Gasteiger partial charge in [-0.05, 0) is 24.0 Å². The number of benzene rings is 2. The summed E-state index contributed by atoms with van der Waals surface area (Å²) in [6, 6.07) is 18.4. The lowest BCUT2D eigenvalue weighted by Gasteiger charge is -2.35.